The van der Waals surface area contributed by atoms with E-state index in [1.165, 1.54) is 26.0 Å². The van der Waals surface area contributed by atoms with Crippen LogP contribution in [-0.2, 0) is 9.59 Å². The van der Waals surface area contributed by atoms with Crippen molar-refractivity contribution < 1.29 is 19.1 Å². The number of ether oxygens (including phenoxy) is 2. The number of amides is 2. The minimum absolute atomic E-state index is 0.186. The molecule has 2 aromatic carbocycles. The van der Waals surface area contributed by atoms with Crippen molar-refractivity contribution >= 4 is 46.4 Å². The lowest BCUT2D eigenvalue weighted by Gasteiger charge is -2.22. The second-order valence-corrected chi connectivity index (χ2v) is 6.22. The normalized spacial score (nSPS) is 10.2. The Morgan fingerprint density at radius 3 is 2.15 bits per heavy atom. The van der Waals surface area contributed by atoms with Crippen LogP contribution in [0.25, 0.3) is 0 Å². The van der Waals surface area contributed by atoms with Gasteiger partial charge in [-0.2, -0.15) is 0 Å². The molecule has 6 nitrogen and oxygen atoms in total. The summed E-state index contributed by atoms with van der Waals surface area (Å²) in [6.45, 7) is 1.19. The van der Waals surface area contributed by atoms with Crippen molar-refractivity contribution in [3.8, 4) is 11.5 Å². The summed E-state index contributed by atoms with van der Waals surface area (Å²) < 4.78 is 10.4. The number of nitrogens with one attached hydrogen (secondary N) is 1. The number of carbonyl (C=O) groups is 2. The van der Waals surface area contributed by atoms with Gasteiger partial charge in [-0.3, -0.25) is 9.59 Å². The van der Waals surface area contributed by atoms with E-state index in [1.54, 1.807) is 36.4 Å². The molecule has 0 aliphatic heterocycles. The predicted molar refractivity (Wildman–Crippen MR) is 103 cm³/mol. The number of benzene rings is 2. The summed E-state index contributed by atoms with van der Waals surface area (Å²) >= 11 is 11.8. The van der Waals surface area contributed by atoms with Crippen LogP contribution in [0, 0.1) is 0 Å². The zero-order valence-electron chi connectivity index (χ0n) is 14.5. The summed E-state index contributed by atoms with van der Waals surface area (Å²) in [5.41, 5.74) is 0.956. The van der Waals surface area contributed by atoms with Gasteiger partial charge >= 0.3 is 0 Å². The van der Waals surface area contributed by atoms with Crippen LogP contribution in [0.4, 0.5) is 11.4 Å². The average Bonchev–Trinajstić information content (AvgIpc) is 2.57. The maximum absolute atomic E-state index is 12.4. The minimum Gasteiger partial charge on any atom is -0.493 e. The summed E-state index contributed by atoms with van der Waals surface area (Å²) in [5.74, 6) is 0.292. The maximum atomic E-state index is 12.4. The summed E-state index contributed by atoms with van der Waals surface area (Å²) in [5, 5.41) is 3.47. The van der Waals surface area contributed by atoms with Gasteiger partial charge in [-0.15, -0.1) is 0 Å². The third-order valence-electron chi connectivity index (χ3n) is 3.51. The van der Waals surface area contributed by atoms with Gasteiger partial charge in [-0.05, 0) is 30.3 Å². The van der Waals surface area contributed by atoms with E-state index in [0.717, 1.165) is 0 Å². The minimum atomic E-state index is -0.395. The van der Waals surface area contributed by atoms with E-state index in [0.29, 0.717) is 32.9 Å². The standard InChI is InChI=1S/C18H18Cl2N2O4/c1-11(23)22(15-4-5-16(25-2)17(9-15)26-3)10-18(24)21-14-7-12(19)6-13(20)8-14/h4-9H,10H2,1-3H3,(H,21,24). The number of halogens is 2. The number of methoxy groups -OCH3 is 2. The highest BCUT2D eigenvalue weighted by molar-refractivity contribution is 6.35. The van der Waals surface area contributed by atoms with Gasteiger partial charge in [0.15, 0.2) is 11.5 Å². The van der Waals surface area contributed by atoms with Crippen molar-refractivity contribution in [2.75, 3.05) is 31.0 Å². The van der Waals surface area contributed by atoms with Crippen LogP contribution < -0.4 is 19.7 Å². The molecule has 0 saturated carbocycles. The molecular formula is C18H18Cl2N2O4. The van der Waals surface area contributed by atoms with Crippen LogP contribution in [0.2, 0.25) is 10.0 Å². The topological polar surface area (TPSA) is 67.9 Å². The Hall–Kier alpha value is -2.44. The smallest absolute Gasteiger partial charge is 0.244 e. The first kappa shape index (κ1) is 19.9. The van der Waals surface area contributed by atoms with Gasteiger partial charge in [0, 0.05) is 34.4 Å². The molecule has 0 aliphatic rings. The summed E-state index contributed by atoms with van der Waals surface area (Å²) in [4.78, 5) is 25.7. The van der Waals surface area contributed by atoms with E-state index >= 15 is 0 Å². The van der Waals surface area contributed by atoms with Crippen LogP contribution in [0.5, 0.6) is 11.5 Å². The Balaban J connectivity index is 2.20. The quantitative estimate of drug-likeness (QED) is 0.800. The van der Waals surface area contributed by atoms with Gasteiger partial charge in [0.2, 0.25) is 11.8 Å². The van der Waals surface area contributed by atoms with Crippen LogP contribution in [0.1, 0.15) is 6.92 Å². The van der Waals surface area contributed by atoms with E-state index in [4.69, 9.17) is 32.7 Å². The fraction of sp³-hybridized carbons (Fsp3) is 0.222. The van der Waals surface area contributed by atoms with Crippen LogP contribution in [0.3, 0.4) is 0 Å². The summed E-state index contributed by atoms with van der Waals surface area (Å²) in [7, 11) is 3.01. The molecule has 2 aromatic rings. The van der Waals surface area contributed by atoms with Crippen molar-refractivity contribution in [1.82, 2.24) is 0 Å². The molecule has 0 radical (unpaired) electrons. The highest BCUT2D eigenvalue weighted by Crippen LogP contribution is 2.31. The van der Waals surface area contributed by atoms with E-state index in [1.807, 2.05) is 0 Å². The molecule has 0 aliphatic carbocycles. The van der Waals surface area contributed by atoms with E-state index in [2.05, 4.69) is 5.32 Å². The zero-order valence-corrected chi connectivity index (χ0v) is 16.0. The van der Waals surface area contributed by atoms with Crippen molar-refractivity contribution in [1.29, 1.82) is 0 Å². The molecule has 0 atom stereocenters. The fourth-order valence-electron chi connectivity index (χ4n) is 2.35. The summed E-state index contributed by atoms with van der Waals surface area (Å²) in [6, 6.07) is 9.67. The third kappa shape index (κ3) is 5.03. The van der Waals surface area contributed by atoms with Crippen molar-refractivity contribution in [3.63, 3.8) is 0 Å². The van der Waals surface area contributed by atoms with Crippen molar-refractivity contribution in [3.05, 3.63) is 46.4 Å². The van der Waals surface area contributed by atoms with Gasteiger partial charge in [-0.1, -0.05) is 23.2 Å². The highest BCUT2D eigenvalue weighted by atomic mass is 35.5. The third-order valence-corrected chi connectivity index (χ3v) is 3.94. The molecule has 0 spiro atoms. The Morgan fingerprint density at radius 2 is 1.62 bits per heavy atom. The lowest BCUT2D eigenvalue weighted by Crippen LogP contribution is -2.36. The lowest BCUT2D eigenvalue weighted by atomic mass is 10.2. The SMILES string of the molecule is COc1ccc(N(CC(=O)Nc2cc(Cl)cc(Cl)c2)C(C)=O)cc1OC. The van der Waals surface area contributed by atoms with E-state index in [-0.39, 0.29) is 12.5 Å². The molecule has 138 valence electrons. The molecule has 0 fully saturated rings. The molecule has 0 bridgehead atoms. The number of hydrogen-bond donors (Lipinski definition) is 1. The fourth-order valence-corrected chi connectivity index (χ4v) is 2.87. The molecule has 1 N–H and O–H groups in total. The first-order valence-electron chi connectivity index (χ1n) is 7.60. The van der Waals surface area contributed by atoms with Crippen molar-refractivity contribution in [2.24, 2.45) is 0 Å². The Bertz CT molecular complexity index is 807. The second-order valence-electron chi connectivity index (χ2n) is 5.35. The van der Waals surface area contributed by atoms with E-state index < -0.39 is 5.91 Å². The zero-order chi connectivity index (χ0) is 19.3. The van der Waals surface area contributed by atoms with Gasteiger partial charge < -0.3 is 19.7 Å². The Morgan fingerprint density at radius 1 is 1.00 bits per heavy atom. The molecule has 0 unspecified atom stereocenters. The largest absolute Gasteiger partial charge is 0.493 e. The first-order chi connectivity index (χ1) is 12.3. The molecule has 0 saturated heterocycles. The van der Waals surface area contributed by atoms with E-state index in [9.17, 15) is 9.59 Å². The monoisotopic (exact) mass is 396 g/mol. The van der Waals surface area contributed by atoms with Gasteiger partial charge in [0.1, 0.15) is 6.54 Å². The second kappa shape index (κ2) is 8.78. The number of carbonyl (C=O) groups excluding carboxylic acids is 2. The van der Waals surface area contributed by atoms with Gasteiger partial charge in [-0.25, -0.2) is 0 Å². The van der Waals surface area contributed by atoms with Gasteiger partial charge in [0.05, 0.1) is 14.2 Å². The number of rotatable bonds is 6. The summed E-state index contributed by atoms with van der Waals surface area (Å²) in [6.07, 6.45) is 0. The molecule has 8 heteroatoms. The van der Waals surface area contributed by atoms with Gasteiger partial charge in [0.25, 0.3) is 0 Å². The average molecular weight is 397 g/mol. The number of hydrogen-bond acceptors (Lipinski definition) is 4. The molecular weight excluding hydrogens is 379 g/mol. The maximum Gasteiger partial charge on any atom is 0.244 e. The van der Waals surface area contributed by atoms with Crippen LogP contribution in [0.15, 0.2) is 36.4 Å². The first-order valence-corrected chi connectivity index (χ1v) is 8.35. The Labute approximate surface area is 161 Å². The molecule has 26 heavy (non-hydrogen) atoms. The molecule has 2 rings (SSSR count). The van der Waals surface area contributed by atoms with Crippen LogP contribution in [-0.4, -0.2) is 32.6 Å². The Kier molecular flexibility index (Phi) is 6.71. The highest BCUT2D eigenvalue weighted by Gasteiger charge is 2.18. The molecule has 0 aromatic heterocycles. The predicted octanol–water partition coefficient (Wildman–Crippen LogP) is 4.00. The number of nitrogens with zero attached hydrogens (tertiary/aromatic N) is 1. The van der Waals surface area contributed by atoms with Crippen LogP contribution >= 0.6 is 23.2 Å². The molecule has 2 amide bonds. The van der Waals surface area contributed by atoms with Crippen molar-refractivity contribution in [2.45, 2.75) is 6.92 Å². The molecule has 0 heterocycles. The number of anilines is 2. The lowest BCUT2D eigenvalue weighted by molar-refractivity contribution is -0.120.